The minimum Gasteiger partial charge on any atom is -0.481 e. The molecule has 2 nitrogen and oxygen atoms in total. The third-order valence-electron chi connectivity index (χ3n) is 4.38. The summed E-state index contributed by atoms with van der Waals surface area (Å²) < 4.78 is 0. The van der Waals surface area contributed by atoms with Gasteiger partial charge in [0.25, 0.3) is 0 Å². The van der Waals surface area contributed by atoms with E-state index in [-0.39, 0.29) is 5.92 Å². The van der Waals surface area contributed by atoms with E-state index in [0.29, 0.717) is 0 Å². The van der Waals surface area contributed by atoms with E-state index in [1.807, 2.05) is 0 Å². The zero-order chi connectivity index (χ0) is 16.5. The average Bonchev–Trinajstić information content (AvgIpc) is 3.34. The highest BCUT2D eigenvalue weighted by molar-refractivity contribution is 5.72. The standard InChI is InChI=1S/C16H34.C4H6O2/c1-3-5-7-9-11-13-15-16-14-12-10-8-6-4-2;5-4(6)3-1-2-3/h3-16H2,1-2H3;3H,1-2H2,(H,5,6). The molecular formula is C20H40O2. The highest BCUT2D eigenvalue weighted by Gasteiger charge is 2.28. The number of unbranched alkanes of at least 4 members (excludes halogenated alkanes) is 13. The molecule has 1 saturated carbocycles. The van der Waals surface area contributed by atoms with Crippen LogP contribution in [0.2, 0.25) is 0 Å². The van der Waals surface area contributed by atoms with E-state index in [1.165, 1.54) is 89.9 Å². The number of aliphatic carboxylic acids is 1. The number of hydrogen-bond donors (Lipinski definition) is 1. The Kier molecular flexibility index (Phi) is 16.4. The van der Waals surface area contributed by atoms with Gasteiger partial charge in [-0.05, 0) is 12.8 Å². The number of rotatable bonds is 14. The van der Waals surface area contributed by atoms with Crippen molar-refractivity contribution in [3.05, 3.63) is 0 Å². The van der Waals surface area contributed by atoms with Crippen molar-refractivity contribution in [1.82, 2.24) is 0 Å². The lowest BCUT2D eigenvalue weighted by molar-refractivity contribution is -0.138. The molecule has 0 radical (unpaired) electrons. The molecule has 0 unspecified atom stereocenters. The van der Waals surface area contributed by atoms with Crippen molar-refractivity contribution in [2.45, 2.75) is 117 Å². The third kappa shape index (κ3) is 17.5. The third-order valence-corrected chi connectivity index (χ3v) is 4.38. The van der Waals surface area contributed by atoms with Crippen molar-refractivity contribution >= 4 is 5.97 Å². The van der Waals surface area contributed by atoms with Crippen molar-refractivity contribution in [3.63, 3.8) is 0 Å². The fourth-order valence-electron chi connectivity index (χ4n) is 2.60. The summed E-state index contributed by atoms with van der Waals surface area (Å²) in [6, 6.07) is 0. The Morgan fingerprint density at radius 3 is 1.09 bits per heavy atom. The van der Waals surface area contributed by atoms with Gasteiger partial charge >= 0.3 is 5.97 Å². The van der Waals surface area contributed by atoms with Crippen molar-refractivity contribution in [3.8, 4) is 0 Å². The Labute approximate surface area is 139 Å². The SMILES string of the molecule is CCCCCCCCCCCCCCCC.O=C(O)C1CC1. The summed E-state index contributed by atoms with van der Waals surface area (Å²) in [5, 5.41) is 8.05. The van der Waals surface area contributed by atoms with Gasteiger partial charge in [-0.2, -0.15) is 0 Å². The highest BCUT2D eigenvalue weighted by atomic mass is 16.4. The Bertz CT molecular complexity index is 220. The first-order valence-electron chi connectivity index (χ1n) is 9.95. The molecule has 22 heavy (non-hydrogen) atoms. The van der Waals surface area contributed by atoms with Gasteiger partial charge < -0.3 is 5.11 Å². The van der Waals surface area contributed by atoms with Crippen molar-refractivity contribution in [2.75, 3.05) is 0 Å². The molecule has 0 aromatic carbocycles. The van der Waals surface area contributed by atoms with E-state index in [2.05, 4.69) is 13.8 Å². The molecule has 0 bridgehead atoms. The molecule has 2 heteroatoms. The summed E-state index contributed by atoms with van der Waals surface area (Å²) in [4.78, 5) is 9.76. The summed E-state index contributed by atoms with van der Waals surface area (Å²) >= 11 is 0. The predicted molar refractivity (Wildman–Crippen MR) is 96.3 cm³/mol. The Morgan fingerprint density at radius 1 is 0.682 bits per heavy atom. The summed E-state index contributed by atoms with van der Waals surface area (Å²) in [5.41, 5.74) is 0. The van der Waals surface area contributed by atoms with E-state index < -0.39 is 5.97 Å². The Hall–Kier alpha value is -0.530. The quantitative estimate of drug-likeness (QED) is 0.352. The minimum atomic E-state index is -0.630. The fraction of sp³-hybridized carbons (Fsp3) is 0.950. The second-order valence-electron chi connectivity index (χ2n) is 6.86. The zero-order valence-electron chi connectivity index (χ0n) is 15.2. The van der Waals surface area contributed by atoms with Gasteiger partial charge in [0.05, 0.1) is 5.92 Å². The van der Waals surface area contributed by atoms with Crippen LogP contribution in [0.3, 0.4) is 0 Å². The van der Waals surface area contributed by atoms with Gasteiger partial charge in [0.15, 0.2) is 0 Å². The molecule has 1 N–H and O–H groups in total. The molecule has 0 saturated heterocycles. The first-order chi connectivity index (χ1) is 10.7. The topological polar surface area (TPSA) is 37.3 Å². The molecule has 0 aromatic rings. The van der Waals surface area contributed by atoms with Crippen LogP contribution in [0.15, 0.2) is 0 Å². The van der Waals surface area contributed by atoms with Crippen LogP contribution in [-0.2, 0) is 4.79 Å². The Morgan fingerprint density at radius 2 is 0.955 bits per heavy atom. The highest BCUT2D eigenvalue weighted by Crippen LogP contribution is 2.28. The number of carboxylic acid groups (broad SMARTS) is 1. The smallest absolute Gasteiger partial charge is 0.306 e. The molecule has 0 aliphatic heterocycles. The molecule has 1 aliphatic carbocycles. The summed E-state index contributed by atoms with van der Waals surface area (Å²) in [5.74, 6) is -0.611. The van der Waals surface area contributed by atoms with Crippen LogP contribution in [0, 0.1) is 5.92 Å². The normalized spacial score (nSPS) is 13.5. The number of carboxylic acids is 1. The summed E-state index contributed by atoms with van der Waals surface area (Å²) in [6.45, 7) is 4.58. The van der Waals surface area contributed by atoms with E-state index in [1.54, 1.807) is 0 Å². The zero-order valence-corrected chi connectivity index (χ0v) is 15.2. The molecule has 0 atom stereocenters. The lowest BCUT2D eigenvalue weighted by Gasteiger charge is -2.02. The van der Waals surface area contributed by atoms with Crippen LogP contribution in [0.4, 0.5) is 0 Å². The molecule has 132 valence electrons. The molecule has 0 spiro atoms. The van der Waals surface area contributed by atoms with E-state index >= 15 is 0 Å². The van der Waals surface area contributed by atoms with Crippen LogP contribution in [0.1, 0.15) is 117 Å². The molecule has 1 fully saturated rings. The van der Waals surface area contributed by atoms with Crippen molar-refractivity contribution < 1.29 is 9.90 Å². The Balaban J connectivity index is 0.000000604. The van der Waals surface area contributed by atoms with E-state index in [9.17, 15) is 4.79 Å². The van der Waals surface area contributed by atoms with Crippen LogP contribution >= 0.6 is 0 Å². The van der Waals surface area contributed by atoms with E-state index in [0.717, 1.165) is 12.8 Å². The maximum Gasteiger partial charge on any atom is 0.306 e. The molecule has 0 amide bonds. The minimum absolute atomic E-state index is 0.0185. The van der Waals surface area contributed by atoms with Crippen molar-refractivity contribution in [1.29, 1.82) is 0 Å². The molecule has 0 aromatic heterocycles. The predicted octanol–water partition coefficient (Wildman–Crippen LogP) is 6.97. The maximum absolute atomic E-state index is 9.76. The van der Waals surface area contributed by atoms with Crippen LogP contribution in [0.5, 0.6) is 0 Å². The van der Waals surface area contributed by atoms with E-state index in [4.69, 9.17) is 5.11 Å². The van der Waals surface area contributed by atoms with Crippen LogP contribution in [0.25, 0.3) is 0 Å². The molecule has 1 rings (SSSR count). The molecule has 1 aliphatic rings. The average molecular weight is 313 g/mol. The number of carbonyl (C=O) groups is 1. The van der Waals surface area contributed by atoms with Crippen LogP contribution < -0.4 is 0 Å². The first-order valence-corrected chi connectivity index (χ1v) is 9.95. The van der Waals surface area contributed by atoms with Gasteiger partial charge in [-0.1, -0.05) is 104 Å². The summed E-state index contributed by atoms with van der Waals surface area (Å²) in [7, 11) is 0. The monoisotopic (exact) mass is 312 g/mol. The summed E-state index contributed by atoms with van der Waals surface area (Å²) in [6.07, 6.45) is 22.2. The molecule has 0 heterocycles. The second kappa shape index (κ2) is 16.8. The van der Waals surface area contributed by atoms with Gasteiger partial charge in [-0.3, -0.25) is 4.79 Å². The van der Waals surface area contributed by atoms with Gasteiger partial charge in [0, 0.05) is 0 Å². The molecular weight excluding hydrogens is 272 g/mol. The first kappa shape index (κ1) is 21.5. The fourth-order valence-corrected chi connectivity index (χ4v) is 2.60. The van der Waals surface area contributed by atoms with Gasteiger partial charge in [-0.25, -0.2) is 0 Å². The lowest BCUT2D eigenvalue weighted by Crippen LogP contribution is -1.94. The van der Waals surface area contributed by atoms with Gasteiger partial charge in [0.1, 0.15) is 0 Å². The maximum atomic E-state index is 9.76. The second-order valence-corrected chi connectivity index (χ2v) is 6.86. The van der Waals surface area contributed by atoms with Crippen LogP contribution in [-0.4, -0.2) is 11.1 Å². The lowest BCUT2D eigenvalue weighted by atomic mass is 10.0. The largest absolute Gasteiger partial charge is 0.481 e. The van der Waals surface area contributed by atoms with Gasteiger partial charge in [0.2, 0.25) is 0 Å². The number of hydrogen-bond acceptors (Lipinski definition) is 1. The van der Waals surface area contributed by atoms with Gasteiger partial charge in [-0.15, -0.1) is 0 Å². The van der Waals surface area contributed by atoms with Crippen molar-refractivity contribution in [2.24, 2.45) is 5.92 Å².